The van der Waals surface area contributed by atoms with Gasteiger partial charge in [0.15, 0.2) is 5.11 Å². The molecule has 2 aromatic rings. The van der Waals surface area contributed by atoms with Gasteiger partial charge in [0.05, 0.1) is 16.9 Å². The Balaban J connectivity index is 2.21. The van der Waals surface area contributed by atoms with Gasteiger partial charge in [-0.25, -0.2) is 4.68 Å². The van der Waals surface area contributed by atoms with Gasteiger partial charge < -0.3 is 5.32 Å². The summed E-state index contributed by atoms with van der Waals surface area (Å²) in [5, 5.41) is 3.83. The third-order valence-electron chi connectivity index (χ3n) is 4.30. The molecule has 1 aliphatic heterocycles. The average molecular weight is 342 g/mol. The Morgan fingerprint density at radius 2 is 1.75 bits per heavy atom. The smallest absolute Gasteiger partial charge is 0.296 e. The Morgan fingerprint density at radius 1 is 1.12 bits per heavy atom. The third kappa shape index (κ3) is 2.57. The van der Waals surface area contributed by atoms with E-state index < -0.39 is 0 Å². The first kappa shape index (κ1) is 16.5. The van der Waals surface area contributed by atoms with Crippen LogP contribution in [0.4, 0.5) is 5.69 Å². The Morgan fingerprint density at radius 3 is 2.33 bits per heavy atom. The minimum atomic E-state index is -0.223. The molecule has 0 amide bonds. The highest BCUT2D eigenvalue weighted by Gasteiger charge is 2.32. The number of thiocarbonyl (C=S) groups is 1. The molecule has 0 atom stereocenters. The van der Waals surface area contributed by atoms with Gasteiger partial charge in [0.2, 0.25) is 0 Å². The molecule has 24 heavy (non-hydrogen) atoms. The molecule has 0 fully saturated rings. The number of aromatic nitrogens is 2. The average Bonchev–Trinajstić information content (AvgIpc) is 2.70. The van der Waals surface area contributed by atoms with E-state index in [1.807, 2.05) is 60.8 Å². The number of anilines is 1. The van der Waals surface area contributed by atoms with Crippen LogP contribution in [-0.2, 0) is 7.05 Å². The quantitative estimate of drug-likeness (QED) is 0.852. The molecule has 2 heterocycles. The van der Waals surface area contributed by atoms with E-state index in [1.54, 1.807) is 4.68 Å². The zero-order valence-corrected chi connectivity index (χ0v) is 15.4. The number of rotatable bonds is 2. The molecule has 126 valence electrons. The van der Waals surface area contributed by atoms with Crippen LogP contribution >= 0.6 is 12.2 Å². The normalized spacial score (nSPS) is 16.8. The molecule has 0 radical (unpaired) electrons. The lowest BCUT2D eigenvalue weighted by molar-refractivity contribution is 0.559. The number of hydrogen-bond acceptors (Lipinski definition) is 2. The number of hydrogen-bond donors (Lipinski definition) is 1. The van der Waals surface area contributed by atoms with Crippen molar-refractivity contribution in [2.45, 2.75) is 33.2 Å². The number of allylic oxidation sites excluding steroid dienone is 1. The first-order chi connectivity index (χ1) is 11.2. The van der Waals surface area contributed by atoms with Gasteiger partial charge in [-0.1, -0.05) is 18.2 Å². The maximum atomic E-state index is 13.1. The molecule has 0 spiro atoms. The van der Waals surface area contributed by atoms with Crippen LogP contribution in [0.1, 0.15) is 26.5 Å². The monoisotopic (exact) mass is 342 g/mol. The Kier molecular flexibility index (Phi) is 3.87. The highest BCUT2D eigenvalue weighted by Crippen LogP contribution is 2.27. The highest BCUT2D eigenvalue weighted by atomic mass is 32.1. The Bertz CT molecular complexity index is 890. The molecule has 0 unspecified atom stereocenters. The van der Waals surface area contributed by atoms with Crippen molar-refractivity contribution >= 4 is 23.0 Å². The van der Waals surface area contributed by atoms with Crippen molar-refractivity contribution in [3.63, 3.8) is 0 Å². The minimum Gasteiger partial charge on any atom is -0.354 e. The van der Waals surface area contributed by atoms with Crippen LogP contribution < -0.4 is 15.8 Å². The van der Waals surface area contributed by atoms with E-state index >= 15 is 0 Å². The second kappa shape index (κ2) is 5.63. The van der Waals surface area contributed by atoms with Gasteiger partial charge in [0.25, 0.3) is 5.56 Å². The van der Waals surface area contributed by atoms with E-state index in [9.17, 15) is 4.79 Å². The topological polar surface area (TPSA) is 42.2 Å². The summed E-state index contributed by atoms with van der Waals surface area (Å²) in [6.45, 7) is 8.03. The molecule has 1 aromatic carbocycles. The van der Waals surface area contributed by atoms with Crippen LogP contribution in [-0.4, -0.2) is 20.0 Å². The summed E-state index contributed by atoms with van der Waals surface area (Å²) in [6.07, 6.45) is 2.08. The highest BCUT2D eigenvalue weighted by molar-refractivity contribution is 7.80. The van der Waals surface area contributed by atoms with E-state index in [0.29, 0.717) is 10.8 Å². The van der Waals surface area contributed by atoms with Gasteiger partial charge in [-0.2, -0.15) is 0 Å². The van der Waals surface area contributed by atoms with Gasteiger partial charge >= 0.3 is 0 Å². The van der Waals surface area contributed by atoms with Gasteiger partial charge in [-0.3, -0.25) is 14.4 Å². The first-order valence-corrected chi connectivity index (χ1v) is 8.29. The van der Waals surface area contributed by atoms with Crippen LogP contribution in [0.2, 0.25) is 0 Å². The predicted molar refractivity (Wildman–Crippen MR) is 102 cm³/mol. The van der Waals surface area contributed by atoms with E-state index in [1.165, 1.54) is 0 Å². The van der Waals surface area contributed by atoms with E-state index in [2.05, 4.69) is 25.2 Å². The number of benzene rings is 1. The number of para-hydroxylation sites is 1. The summed E-state index contributed by atoms with van der Waals surface area (Å²) in [5.74, 6) is 0. The van der Waals surface area contributed by atoms with Crippen molar-refractivity contribution in [3.05, 3.63) is 58.2 Å². The molecule has 1 aromatic heterocycles. The standard InChI is InChI=1S/C18H22N4OS/c1-12-11-18(3,4)19-17(24)21(12)15-13(2)20(5)22(16(15)23)14-9-7-6-8-10-14/h6-11H,1-5H3,(H,19,24). The lowest BCUT2D eigenvalue weighted by Gasteiger charge is -2.37. The van der Waals surface area contributed by atoms with Crippen LogP contribution in [0.25, 0.3) is 5.69 Å². The van der Waals surface area contributed by atoms with Crippen molar-refractivity contribution in [2.24, 2.45) is 7.05 Å². The molecule has 0 saturated carbocycles. The zero-order chi connectivity index (χ0) is 17.6. The summed E-state index contributed by atoms with van der Waals surface area (Å²) in [6, 6.07) is 9.62. The molecule has 1 aliphatic rings. The van der Waals surface area contributed by atoms with Crippen LogP contribution in [0.15, 0.2) is 46.9 Å². The summed E-state index contributed by atoms with van der Waals surface area (Å²) in [7, 11) is 1.89. The van der Waals surface area contributed by atoms with E-state index in [-0.39, 0.29) is 11.1 Å². The van der Waals surface area contributed by atoms with Gasteiger partial charge in [-0.05, 0) is 58.1 Å². The summed E-state index contributed by atoms with van der Waals surface area (Å²) >= 11 is 5.54. The Labute approximate surface area is 147 Å². The van der Waals surface area contributed by atoms with Gasteiger partial charge in [-0.15, -0.1) is 0 Å². The molecule has 6 heteroatoms. The fourth-order valence-corrected chi connectivity index (χ4v) is 3.70. The number of nitrogens with one attached hydrogen (secondary N) is 1. The summed E-state index contributed by atoms with van der Waals surface area (Å²) in [4.78, 5) is 15.0. The molecular formula is C18H22N4OS. The van der Waals surface area contributed by atoms with Crippen LogP contribution in [0, 0.1) is 6.92 Å². The summed E-state index contributed by atoms with van der Waals surface area (Å²) in [5.41, 5.74) is 2.92. The third-order valence-corrected chi connectivity index (χ3v) is 4.59. The first-order valence-electron chi connectivity index (χ1n) is 7.89. The van der Waals surface area contributed by atoms with Gasteiger partial charge in [0.1, 0.15) is 5.69 Å². The Hall–Kier alpha value is -2.34. The molecular weight excluding hydrogens is 320 g/mol. The van der Waals surface area contributed by atoms with Crippen molar-refractivity contribution < 1.29 is 0 Å². The maximum absolute atomic E-state index is 13.1. The fourth-order valence-electron chi connectivity index (χ4n) is 3.20. The lowest BCUT2D eigenvalue weighted by Crippen LogP contribution is -2.54. The molecule has 0 bridgehead atoms. The van der Waals surface area contributed by atoms with Crippen molar-refractivity contribution in [3.8, 4) is 5.69 Å². The fraction of sp³-hybridized carbons (Fsp3) is 0.333. The van der Waals surface area contributed by atoms with Gasteiger partial charge in [0, 0.05) is 12.7 Å². The summed E-state index contributed by atoms with van der Waals surface area (Å²) < 4.78 is 3.53. The molecule has 3 rings (SSSR count). The minimum absolute atomic E-state index is 0.0854. The van der Waals surface area contributed by atoms with Crippen molar-refractivity contribution in [1.29, 1.82) is 0 Å². The SMILES string of the molecule is CC1=CC(C)(C)NC(=S)N1c1c(C)n(C)n(-c2ccccc2)c1=O. The number of nitrogens with zero attached hydrogens (tertiary/aromatic N) is 3. The molecule has 0 saturated heterocycles. The molecule has 0 aliphatic carbocycles. The van der Waals surface area contributed by atoms with Crippen LogP contribution in [0.3, 0.4) is 0 Å². The van der Waals surface area contributed by atoms with E-state index in [0.717, 1.165) is 17.1 Å². The molecule has 5 nitrogen and oxygen atoms in total. The zero-order valence-electron chi connectivity index (χ0n) is 14.6. The van der Waals surface area contributed by atoms with E-state index in [4.69, 9.17) is 12.2 Å². The van der Waals surface area contributed by atoms with Crippen LogP contribution in [0.5, 0.6) is 0 Å². The second-order valence-corrected chi connectivity index (χ2v) is 7.07. The largest absolute Gasteiger partial charge is 0.354 e. The lowest BCUT2D eigenvalue weighted by atomic mass is 10.0. The van der Waals surface area contributed by atoms with Crippen molar-refractivity contribution in [1.82, 2.24) is 14.7 Å². The molecule has 1 N–H and O–H groups in total. The predicted octanol–water partition coefficient (Wildman–Crippen LogP) is 2.86. The van der Waals surface area contributed by atoms with Crippen molar-refractivity contribution in [2.75, 3.05) is 4.90 Å². The maximum Gasteiger partial charge on any atom is 0.296 e. The second-order valence-electron chi connectivity index (χ2n) is 6.68.